The number of aromatic nitrogens is 3. The van der Waals surface area contributed by atoms with Gasteiger partial charge in [-0.3, -0.25) is 4.79 Å². The fourth-order valence-electron chi connectivity index (χ4n) is 5.29. The van der Waals surface area contributed by atoms with Crippen molar-refractivity contribution >= 4 is 33.2 Å². The van der Waals surface area contributed by atoms with Crippen molar-refractivity contribution in [2.75, 3.05) is 36.0 Å². The number of halogens is 7. The molecule has 2 aromatic carbocycles. The second-order valence-electron chi connectivity index (χ2n) is 10.2. The molecule has 0 unspecified atom stereocenters. The van der Waals surface area contributed by atoms with Crippen molar-refractivity contribution in [3.8, 4) is 0 Å². The van der Waals surface area contributed by atoms with E-state index in [-0.39, 0.29) is 47.7 Å². The number of carbonyl (C=O) groups excluding carboxylic acids is 1. The summed E-state index contributed by atoms with van der Waals surface area (Å²) in [6.45, 7) is -0.377. The third-order valence-electron chi connectivity index (χ3n) is 7.31. The maximum absolute atomic E-state index is 13.9. The molecule has 226 valence electrons. The Morgan fingerprint density at radius 1 is 0.952 bits per heavy atom. The van der Waals surface area contributed by atoms with Gasteiger partial charge in [-0.25, -0.2) is 13.1 Å². The molecule has 1 atom stereocenters. The number of benzene rings is 2. The van der Waals surface area contributed by atoms with E-state index >= 15 is 0 Å². The molecule has 1 aromatic heterocycles. The molecule has 0 radical (unpaired) electrons. The standard InChI is InChI=1S/C26H24ClF6N5O3S/c27-20-5-2-1-4-19(20)21-6-3-7-37(21)24(39)22-23(36-8-10-42(40,41)11-9-36)38(35-34-22)15-16-12-17(25(28,29)30)14-18(13-16)26(31,32)33/h1-2,4-5,12-14,21H,3,6-11,15H2/t21-/m1/s1. The van der Waals surface area contributed by atoms with Crippen LogP contribution in [0.15, 0.2) is 42.5 Å². The van der Waals surface area contributed by atoms with Crippen LogP contribution in [0.25, 0.3) is 0 Å². The number of hydrogen-bond donors (Lipinski definition) is 0. The van der Waals surface area contributed by atoms with E-state index in [9.17, 15) is 39.6 Å². The Balaban J connectivity index is 1.56. The summed E-state index contributed by atoms with van der Waals surface area (Å²) in [6, 6.07) is 7.80. The van der Waals surface area contributed by atoms with Crippen LogP contribution in [0.1, 0.15) is 51.6 Å². The normalized spacial score (nSPS) is 19.4. The predicted molar refractivity (Wildman–Crippen MR) is 141 cm³/mol. The third kappa shape index (κ3) is 6.21. The van der Waals surface area contributed by atoms with Crippen molar-refractivity contribution in [2.24, 2.45) is 0 Å². The van der Waals surface area contributed by atoms with Gasteiger partial charge in [0.25, 0.3) is 5.91 Å². The molecule has 2 aliphatic heterocycles. The number of amides is 1. The lowest BCUT2D eigenvalue weighted by Gasteiger charge is -2.30. The van der Waals surface area contributed by atoms with Crippen LogP contribution in [0, 0.1) is 0 Å². The molecular formula is C26H24ClF6N5O3S. The molecule has 2 aliphatic rings. The van der Waals surface area contributed by atoms with Crippen LogP contribution in [-0.4, -0.2) is 65.4 Å². The largest absolute Gasteiger partial charge is 0.416 e. The van der Waals surface area contributed by atoms with Gasteiger partial charge in [-0.15, -0.1) is 5.10 Å². The molecule has 0 N–H and O–H groups in total. The lowest BCUT2D eigenvalue weighted by Crippen LogP contribution is -2.42. The van der Waals surface area contributed by atoms with Crippen LogP contribution >= 0.6 is 11.6 Å². The van der Waals surface area contributed by atoms with Gasteiger partial charge in [0, 0.05) is 24.7 Å². The fraction of sp³-hybridized carbons (Fsp3) is 0.423. The zero-order valence-electron chi connectivity index (χ0n) is 21.8. The van der Waals surface area contributed by atoms with Gasteiger partial charge in [0.1, 0.15) is 0 Å². The van der Waals surface area contributed by atoms with E-state index in [0.29, 0.717) is 42.1 Å². The van der Waals surface area contributed by atoms with Gasteiger partial charge in [-0.05, 0) is 48.2 Å². The first-order valence-electron chi connectivity index (χ1n) is 12.9. The van der Waals surface area contributed by atoms with Crippen LogP contribution in [0.2, 0.25) is 5.02 Å². The van der Waals surface area contributed by atoms with E-state index in [2.05, 4.69) is 10.3 Å². The molecule has 1 amide bonds. The van der Waals surface area contributed by atoms with E-state index in [4.69, 9.17) is 11.6 Å². The summed E-state index contributed by atoms with van der Waals surface area (Å²) >= 11 is 6.39. The minimum absolute atomic E-state index is 0.0191. The molecule has 2 fully saturated rings. The Labute approximate surface area is 241 Å². The maximum atomic E-state index is 13.9. The van der Waals surface area contributed by atoms with Crippen molar-refractivity contribution in [3.05, 3.63) is 75.4 Å². The lowest BCUT2D eigenvalue weighted by molar-refractivity contribution is -0.143. The quantitative estimate of drug-likeness (QED) is 0.357. The number of anilines is 1. The van der Waals surface area contributed by atoms with Crippen molar-refractivity contribution in [2.45, 2.75) is 37.8 Å². The Bertz CT molecular complexity index is 1560. The first-order valence-corrected chi connectivity index (χ1v) is 15.1. The first kappa shape index (κ1) is 30.1. The number of rotatable bonds is 5. The molecular weight excluding hydrogens is 612 g/mol. The molecule has 2 saturated heterocycles. The van der Waals surface area contributed by atoms with Gasteiger partial charge in [0.2, 0.25) is 0 Å². The van der Waals surface area contributed by atoms with Crippen LogP contribution in [0.5, 0.6) is 0 Å². The second-order valence-corrected chi connectivity index (χ2v) is 12.9. The van der Waals surface area contributed by atoms with Crippen molar-refractivity contribution < 1.29 is 39.6 Å². The molecule has 5 rings (SSSR count). The molecule has 0 spiro atoms. The Morgan fingerprint density at radius 2 is 1.57 bits per heavy atom. The highest BCUT2D eigenvalue weighted by molar-refractivity contribution is 7.91. The number of carbonyl (C=O) groups is 1. The predicted octanol–water partition coefficient (Wildman–Crippen LogP) is 5.23. The number of likely N-dealkylation sites (tertiary alicyclic amines) is 1. The van der Waals surface area contributed by atoms with Crippen molar-refractivity contribution in [1.82, 2.24) is 19.9 Å². The van der Waals surface area contributed by atoms with Gasteiger partial charge >= 0.3 is 12.4 Å². The minimum Gasteiger partial charge on any atom is -0.353 e. The summed E-state index contributed by atoms with van der Waals surface area (Å²) in [7, 11) is -3.37. The topological polar surface area (TPSA) is 88.4 Å². The summed E-state index contributed by atoms with van der Waals surface area (Å²) in [5, 5.41) is 8.42. The highest BCUT2D eigenvalue weighted by atomic mass is 35.5. The van der Waals surface area contributed by atoms with E-state index in [1.807, 2.05) is 0 Å². The molecule has 16 heteroatoms. The SMILES string of the molecule is O=C(c1nnn(Cc2cc(C(F)(F)F)cc(C(F)(F)F)c2)c1N1CCS(=O)(=O)CC1)N1CCC[C@@H]1c1ccccc1Cl. The average molecular weight is 636 g/mol. The maximum Gasteiger partial charge on any atom is 0.416 e. The number of alkyl halides is 6. The van der Waals surface area contributed by atoms with Gasteiger partial charge in [0.15, 0.2) is 21.3 Å². The first-order chi connectivity index (χ1) is 19.6. The van der Waals surface area contributed by atoms with Gasteiger partial charge in [-0.2, -0.15) is 26.3 Å². The van der Waals surface area contributed by atoms with Crippen LogP contribution in [0.3, 0.4) is 0 Å². The van der Waals surface area contributed by atoms with Gasteiger partial charge < -0.3 is 9.80 Å². The highest BCUT2D eigenvalue weighted by Crippen LogP contribution is 2.39. The van der Waals surface area contributed by atoms with E-state index in [0.717, 1.165) is 4.68 Å². The number of hydrogen-bond acceptors (Lipinski definition) is 6. The lowest BCUT2D eigenvalue weighted by atomic mass is 10.0. The molecule has 3 heterocycles. The monoisotopic (exact) mass is 635 g/mol. The summed E-state index contributed by atoms with van der Waals surface area (Å²) in [5.41, 5.74) is -2.83. The summed E-state index contributed by atoms with van der Waals surface area (Å²) in [5.74, 6) is -1.07. The number of nitrogens with zero attached hydrogens (tertiary/aromatic N) is 5. The average Bonchev–Trinajstić information content (AvgIpc) is 3.55. The zero-order chi connectivity index (χ0) is 30.4. The zero-order valence-corrected chi connectivity index (χ0v) is 23.4. The van der Waals surface area contributed by atoms with E-state index < -0.39 is 51.8 Å². The van der Waals surface area contributed by atoms with E-state index in [1.54, 1.807) is 29.2 Å². The van der Waals surface area contributed by atoms with E-state index in [1.165, 1.54) is 4.90 Å². The summed E-state index contributed by atoms with van der Waals surface area (Å²) in [4.78, 5) is 17.0. The second kappa shape index (κ2) is 11.1. The fourth-order valence-corrected chi connectivity index (χ4v) is 6.75. The Morgan fingerprint density at radius 3 is 2.17 bits per heavy atom. The van der Waals surface area contributed by atoms with Crippen LogP contribution in [0.4, 0.5) is 32.2 Å². The van der Waals surface area contributed by atoms with Crippen LogP contribution < -0.4 is 4.90 Å². The third-order valence-corrected chi connectivity index (χ3v) is 9.27. The van der Waals surface area contributed by atoms with Crippen molar-refractivity contribution in [1.29, 1.82) is 0 Å². The molecule has 0 saturated carbocycles. The van der Waals surface area contributed by atoms with Gasteiger partial charge in [-0.1, -0.05) is 35.0 Å². The van der Waals surface area contributed by atoms with Crippen molar-refractivity contribution in [3.63, 3.8) is 0 Å². The Kier molecular flexibility index (Phi) is 7.94. The van der Waals surface area contributed by atoms with Crippen LogP contribution in [-0.2, 0) is 28.7 Å². The smallest absolute Gasteiger partial charge is 0.353 e. The number of sulfone groups is 1. The molecule has 42 heavy (non-hydrogen) atoms. The molecule has 0 bridgehead atoms. The molecule has 8 nitrogen and oxygen atoms in total. The summed E-state index contributed by atoms with van der Waals surface area (Å²) in [6.07, 6.45) is -8.84. The molecule has 3 aromatic rings. The Hall–Kier alpha value is -3.33. The molecule has 0 aliphatic carbocycles. The highest BCUT2D eigenvalue weighted by Gasteiger charge is 2.39. The minimum atomic E-state index is -5.05. The van der Waals surface area contributed by atoms with Gasteiger partial charge in [0.05, 0.1) is 35.2 Å². The summed E-state index contributed by atoms with van der Waals surface area (Å²) < 4.78 is 106.